The van der Waals surface area contributed by atoms with E-state index in [2.05, 4.69) is 15.9 Å². The second-order valence-electron chi connectivity index (χ2n) is 3.71. The molecule has 0 heterocycles. The lowest BCUT2D eigenvalue weighted by atomic mass is 10.1. The summed E-state index contributed by atoms with van der Waals surface area (Å²) in [6.45, 7) is 1.44. The van der Waals surface area contributed by atoms with Gasteiger partial charge in [0.2, 0.25) is 0 Å². The summed E-state index contributed by atoms with van der Waals surface area (Å²) in [5.41, 5.74) is 0.413. The summed E-state index contributed by atoms with van der Waals surface area (Å²) in [4.78, 5) is 12.8. The van der Waals surface area contributed by atoms with Gasteiger partial charge in [0.25, 0.3) is 0 Å². The van der Waals surface area contributed by atoms with E-state index in [-0.39, 0.29) is 11.6 Å². The van der Waals surface area contributed by atoms with Crippen molar-refractivity contribution in [3.05, 3.63) is 58.3 Å². The Morgan fingerprint density at radius 2 is 1.89 bits per heavy atom. The summed E-state index contributed by atoms with van der Waals surface area (Å²) in [6.07, 6.45) is 0. The van der Waals surface area contributed by atoms with Crippen molar-refractivity contribution in [2.24, 2.45) is 0 Å². The van der Waals surface area contributed by atoms with Crippen LogP contribution in [-0.4, -0.2) is 5.78 Å². The average molecular weight is 325 g/mol. The highest BCUT2D eigenvalue weighted by Crippen LogP contribution is 2.36. The van der Waals surface area contributed by atoms with Crippen LogP contribution < -0.4 is 0 Å². The molecule has 2 aromatic rings. The van der Waals surface area contributed by atoms with Crippen LogP contribution in [0.25, 0.3) is 0 Å². The molecular weight excluding hydrogens is 315 g/mol. The van der Waals surface area contributed by atoms with E-state index in [4.69, 9.17) is 0 Å². The van der Waals surface area contributed by atoms with E-state index in [1.807, 2.05) is 24.3 Å². The lowest BCUT2D eigenvalue weighted by molar-refractivity contribution is 0.101. The fourth-order valence-electron chi connectivity index (χ4n) is 1.53. The molecule has 0 aliphatic carbocycles. The molecule has 0 amide bonds. The lowest BCUT2D eigenvalue weighted by Gasteiger charge is -2.09. The van der Waals surface area contributed by atoms with Crippen LogP contribution in [0.2, 0.25) is 0 Å². The first kappa shape index (κ1) is 13.3. The number of carbonyl (C=O) groups is 1. The molecule has 0 bridgehead atoms. The number of carbonyl (C=O) groups excluding carboxylic acids is 1. The van der Waals surface area contributed by atoms with Gasteiger partial charge in [-0.25, -0.2) is 4.39 Å². The van der Waals surface area contributed by atoms with Crippen molar-refractivity contribution < 1.29 is 9.18 Å². The third-order valence-electron chi connectivity index (χ3n) is 2.39. The van der Waals surface area contributed by atoms with Crippen LogP contribution in [-0.2, 0) is 0 Å². The third kappa shape index (κ3) is 2.82. The predicted molar refractivity (Wildman–Crippen MR) is 74.7 cm³/mol. The summed E-state index contributed by atoms with van der Waals surface area (Å²) >= 11 is 4.66. The summed E-state index contributed by atoms with van der Waals surface area (Å²) in [7, 11) is 0. The Hall–Kier alpha value is -1.13. The summed E-state index contributed by atoms with van der Waals surface area (Å²) in [5.74, 6) is -0.507. The molecule has 0 saturated heterocycles. The minimum Gasteiger partial charge on any atom is -0.294 e. The molecule has 0 unspecified atom stereocenters. The Kier molecular flexibility index (Phi) is 4.19. The molecule has 0 fully saturated rings. The molecular formula is C14H10BrFOS. The van der Waals surface area contributed by atoms with Crippen LogP contribution in [0.5, 0.6) is 0 Å². The van der Waals surface area contributed by atoms with Crippen LogP contribution in [0, 0.1) is 5.82 Å². The van der Waals surface area contributed by atoms with Gasteiger partial charge in [-0.1, -0.05) is 36.0 Å². The van der Waals surface area contributed by atoms with E-state index in [9.17, 15) is 9.18 Å². The standard InChI is InChI=1S/C14H10BrFOS/c1-9(17)10-5-4-7-12(16)14(10)18-13-8-3-2-6-11(13)15/h2-8H,1H3. The molecule has 2 aromatic carbocycles. The van der Waals surface area contributed by atoms with Crippen LogP contribution in [0.1, 0.15) is 17.3 Å². The molecule has 4 heteroatoms. The Labute approximate surface area is 118 Å². The van der Waals surface area contributed by atoms with Crippen molar-refractivity contribution in [2.45, 2.75) is 16.7 Å². The number of benzene rings is 2. The van der Waals surface area contributed by atoms with Crippen molar-refractivity contribution in [1.29, 1.82) is 0 Å². The van der Waals surface area contributed by atoms with Gasteiger partial charge in [0, 0.05) is 14.9 Å². The third-order valence-corrected chi connectivity index (χ3v) is 4.54. The highest BCUT2D eigenvalue weighted by molar-refractivity contribution is 9.10. The molecule has 1 nitrogen and oxygen atoms in total. The zero-order valence-electron chi connectivity index (χ0n) is 9.61. The molecule has 18 heavy (non-hydrogen) atoms. The number of Topliss-reactive ketones (excluding diaryl/α,β-unsaturated/α-hetero) is 1. The second kappa shape index (κ2) is 5.67. The van der Waals surface area contributed by atoms with Crippen LogP contribution in [0.3, 0.4) is 0 Å². The van der Waals surface area contributed by atoms with Gasteiger partial charge < -0.3 is 0 Å². The fraction of sp³-hybridized carbons (Fsp3) is 0.0714. The minimum atomic E-state index is -0.372. The van der Waals surface area contributed by atoms with Gasteiger partial charge in [0.05, 0.1) is 4.90 Å². The Morgan fingerprint density at radius 3 is 2.56 bits per heavy atom. The minimum absolute atomic E-state index is 0.135. The first-order valence-electron chi connectivity index (χ1n) is 5.31. The fourth-order valence-corrected chi connectivity index (χ4v) is 3.07. The van der Waals surface area contributed by atoms with Crippen molar-refractivity contribution in [3.8, 4) is 0 Å². The molecule has 0 radical (unpaired) electrons. The van der Waals surface area contributed by atoms with Crippen molar-refractivity contribution in [1.82, 2.24) is 0 Å². The monoisotopic (exact) mass is 324 g/mol. The largest absolute Gasteiger partial charge is 0.294 e. The Balaban J connectivity index is 2.46. The van der Waals surface area contributed by atoms with Gasteiger partial charge in [-0.2, -0.15) is 0 Å². The first-order chi connectivity index (χ1) is 8.59. The van der Waals surface area contributed by atoms with E-state index in [0.717, 1.165) is 9.37 Å². The van der Waals surface area contributed by atoms with Gasteiger partial charge in [0.15, 0.2) is 5.78 Å². The Bertz CT molecular complexity index is 598. The quantitative estimate of drug-likeness (QED) is 0.744. The smallest absolute Gasteiger partial charge is 0.161 e. The zero-order chi connectivity index (χ0) is 13.1. The van der Waals surface area contributed by atoms with Crippen molar-refractivity contribution in [2.75, 3.05) is 0 Å². The zero-order valence-corrected chi connectivity index (χ0v) is 12.0. The SMILES string of the molecule is CC(=O)c1cccc(F)c1Sc1ccccc1Br. The maximum atomic E-state index is 13.8. The van der Waals surface area contributed by atoms with Crippen LogP contribution >= 0.6 is 27.7 Å². The number of hydrogen-bond acceptors (Lipinski definition) is 2. The molecule has 0 N–H and O–H groups in total. The molecule has 0 aliphatic heterocycles. The van der Waals surface area contributed by atoms with Crippen LogP contribution in [0.4, 0.5) is 4.39 Å². The molecule has 0 atom stereocenters. The first-order valence-corrected chi connectivity index (χ1v) is 6.92. The average Bonchev–Trinajstić information content (AvgIpc) is 2.34. The Morgan fingerprint density at radius 1 is 1.17 bits per heavy atom. The van der Waals surface area contributed by atoms with Gasteiger partial charge >= 0.3 is 0 Å². The topological polar surface area (TPSA) is 17.1 Å². The van der Waals surface area contributed by atoms with Crippen molar-refractivity contribution >= 4 is 33.5 Å². The second-order valence-corrected chi connectivity index (χ2v) is 5.61. The summed E-state index contributed by atoms with van der Waals surface area (Å²) in [5, 5.41) is 0. The molecule has 0 saturated carbocycles. The predicted octanol–water partition coefficient (Wildman–Crippen LogP) is 4.94. The summed E-state index contributed by atoms with van der Waals surface area (Å²) < 4.78 is 14.7. The molecule has 0 spiro atoms. The summed E-state index contributed by atoms with van der Waals surface area (Å²) in [6, 6.07) is 12.1. The molecule has 0 aromatic heterocycles. The number of ketones is 1. The number of rotatable bonds is 3. The van der Waals surface area contributed by atoms with Gasteiger partial charge in [0.1, 0.15) is 5.82 Å². The van der Waals surface area contributed by atoms with Gasteiger partial charge in [-0.3, -0.25) is 4.79 Å². The van der Waals surface area contributed by atoms with Crippen LogP contribution in [0.15, 0.2) is 56.7 Å². The maximum Gasteiger partial charge on any atom is 0.161 e. The molecule has 0 aliphatic rings. The van der Waals surface area contributed by atoms with E-state index in [0.29, 0.717) is 10.5 Å². The molecule has 92 valence electrons. The lowest BCUT2D eigenvalue weighted by Crippen LogP contribution is -1.97. The van der Waals surface area contributed by atoms with E-state index >= 15 is 0 Å². The van der Waals surface area contributed by atoms with E-state index < -0.39 is 0 Å². The van der Waals surface area contributed by atoms with Gasteiger partial charge in [-0.15, -0.1) is 0 Å². The van der Waals surface area contributed by atoms with E-state index in [1.54, 1.807) is 12.1 Å². The van der Waals surface area contributed by atoms with Gasteiger partial charge in [-0.05, 0) is 41.1 Å². The molecule has 2 rings (SSSR count). The van der Waals surface area contributed by atoms with Crippen molar-refractivity contribution in [3.63, 3.8) is 0 Å². The highest BCUT2D eigenvalue weighted by Gasteiger charge is 2.14. The highest BCUT2D eigenvalue weighted by atomic mass is 79.9. The normalized spacial score (nSPS) is 10.4. The maximum absolute atomic E-state index is 13.8. The number of halogens is 2. The number of hydrogen-bond donors (Lipinski definition) is 0. The van der Waals surface area contributed by atoms with E-state index in [1.165, 1.54) is 24.8 Å².